The smallest absolute Gasteiger partial charge is 0.246 e. The molecular formula is C16H27N3O3. The summed E-state index contributed by atoms with van der Waals surface area (Å²) in [5, 5.41) is 3.07. The molecule has 1 aliphatic rings. The monoisotopic (exact) mass is 309 g/mol. The Kier molecular flexibility index (Phi) is 5.97. The van der Waals surface area contributed by atoms with Crippen molar-refractivity contribution in [2.24, 2.45) is 5.41 Å². The Balaban J connectivity index is 1.77. The fourth-order valence-corrected chi connectivity index (χ4v) is 2.44. The number of imidazole rings is 1. The Hall–Kier alpha value is -1.40. The standard InChI is InChI=1S/C16H27N3O3/c1-16(2,3)14(9-19-7-6-17-12-19)18-15(20)11-21-10-13-5-4-8-22-13/h6-7,12-14H,4-5,8-11H2,1-3H3,(H,18,20)/t13-,14+/m0/s1. The Labute approximate surface area is 132 Å². The molecule has 0 unspecified atom stereocenters. The number of nitrogens with zero attached hydrogens (tertiary/aromatic N) is 2. The van der Waals surface area contributed by atoms with Crippen LogP contribution in [0.5, 0.6) is 0 Å². The summed E-state index contributed by atoms with van der Waals surface area (Å²) in [5.74, 6) is -0.0852. The van der Waals surface area contributed by atoms with Gasteiger partial charge in [-0.3, -0.25) is 4.79 Å². The van der Waals surface area contributed by atoms with Gasteiger partial charge in [0.05, 0.1) is 25.1 Å². The van der Waals surface area contributed by atoms with E-state index in [2.05, 4.69) is 31.1 Å². The molecule has 0 saturated carbocycles. The summed E-state index contributed by atoms with van der Waals surface area (Å²) >= 11 is 0. The van der Waals surface area contributed by atoms with Crippen molar-refractivity contribution in [3.05, 3.63) is 18.7 Å². The number of rotatable bonds is 7. The third-order valence-corrected chi connectivity index (χ3v) is 3.89. The molecule has 1 fully saturated rings. The van der Waals surface area contributed by atoms with Crippen LogP contribution < -0.4 is 5.32 Å². The van der Waals surface area contributed by atoms with E-state index in [4.69, 9.17) is 9.47 Å². The predicted octanol–water partition coefficient (Wildman–Crippen LogP) is 1.61. The van der Waals surface area contributed by atoms with Gasteiger partial charge >= 0.3 is 0 Å². The maximum absolute atomic E-state index is 12.1. The van der Waals surface area contributed by atoms with E-state index in [0.29, 0.717) is 13.2 Å². The second-order valence-electron chi connectivity index (χ2n) is 6.90. The molecule has 0 aliphatic carbocycles. The van der Waals surface area contributed by atoms with Gasteiger partial charge < -0.3 is 19.4 Å². The van der Waals surface area contributed by atoms with Crippen LogP contribution in [-0.4, -0.2) is 47.4 Å². The highest BCUT2D eigenvalue weighted by Gasteiger charge is 2.26. The first-order valence-electron chi connectivity index (χ1n) is 7.89. The first-order chi connectivity index (χ1) is 10.4. The molecule has 2 atom stereocenters. The van der Waals surface area contributed by atoms with Gasteiger partial charge in [-0.05, 0) is 18.3 Å². The Morgan fingerprint density at radius 1 is 1.55 bits per heavy atom. The normalized spacial score (nSPS) is 20.0. The number of aromatic nitrogens is 2. The Morgan fingerprint density at radius 2 is 2.36 bits per heavy atom. The number of ether oxygens (including phenoxy) is 2. The van der Waals surface area contributed by atoms with Gasteiger partial charge in [0.25, 0.3) is 0 Å². The molecule has 0 spiro atoms. The third-order valence-electron chi connectivity index (χ3n) is 3.89. The molecule has 0 aromatic carbocycles. The number of hydrogen-bond acceptors (Lipinski definition) is 4. The average molecular weight is 309 g/mol. The van der Waals surface area contributed by atoms with Gasteiger partial charge in [-0.2, -0.15) is 0 Å². The van der Waals surface area contributed by atoms with Crippen LogP contribution in [0, 0.1) is 5.41 Å². The van der Waals surface area contributed by atoms with Crippen LogP contribution in [0.15, 0.2) is 18.7 Å². The maximum atomic E-state index is 12.1. The third kappa shape index (κ3) is 5.42. The van der Waals surface area contributed by atoms with Gasteiger partial charge in [0.1, 0.15) is 6.61 Å². The second-order valence-corrected chi connectivity index (χ2v) is 6.90. The first-order valence-corrected chi connectivity index (χ1v) is 7.89. The van der Waals surface area contributed by atoms with Gasteiger partial charge in [-0.15, -0.1) is 0 Å². The molecular weight excluding hydrogens is 282 g/mol. The maximum Gasteiger partial charge on any atom is 0.246 e. The van der Waals surface area contributed by atoms with Crippen LogP contribution in [0.1, 0.15) is 33.6 Å². The van der Waals surface area contributed by atoms with Crippen LogP contribution >= 0.6 is 0 Å². The topological polar surface area (TPSA) is 65.4 Å². The summed E-state index contributed by atoms with van der Waals surface area (Å²) in [6.45, 7) is 8.41. The molecule has 1 N–H and O–H groups in total. The summed E-state index contributed by atoms with van der Waals surface area (Å²) < 4.78 is 12.9. The van der Waals surface area contributed by atoms with E-state index in [1.165, 1.54) is 0 Å². The van der Waals surface area contributed by atoms with E-state index in [1.807, 2.05) is 10.8 Å². The molecule has 1 aromatic rings. The van der Waals surface area contributed by atoms with E-state index in [1.54, 1.807) is 12.5 Å². The molecule has 22 heavy (non-hydrogen) atoms. The summed E-state index contributed by atoms with van der Waals surface area (Å²) in [7, 11) is 0. The fourth-order valence-electron chi connectivity index (χ4n) is 2.44. The van der Waals surface area contributed by atoms with Crippen LogP contribution in [0.3, 0.4) is 0 Å². The van der Waals surface area contributed by atoms with Crippen molar-refractivity contribution in [2.75, 3.05) is 19.8 Å². The van der Waals surface area contributed by atoms with E-state index >= 15 is 0 Å². The van der Waals surface area contributed by atoms with Crippen LogP contribution in [0.25, 0.3) is 0 Å². The molecule has 1 amide bonds. The lowest BCUT2D eigenvalue weighted by molar-refractivity contribution is -0.128. The van der Waals surface area contributed by atoms with Crippen molar-refractivity contribution < 1.29 is 14.3 Å². The number of hydrogen-bond donors (Lipinski definition) is 1. The largest absolute Gasteiger partial charge is 0.376 e. The number of carbonyl (C=O) groups excluding carboxylic acids is 1. The molecule has 0 radical (unpaired) electrons. The quantitative estimate of drug-likeness (QED) is 0.831. The van der Waals surface area contributed by atoms with Gasteiger partial charge in [0.2, 0.25) is 5.91 Å². The van der Waals surface area contributed by atoms with Gasteiger partial charge in [-0.25, -0.2) is 4.98 Å². The number of carbonyl (C=O) groups is 1. The predicted molar refractivity (Wildman–Crippen MR) is 83.4 cm³/mol. The minimum absolute atomic E-state index is 0.0144. The molecule has 1 aromatic heterocycles. The minimum Gasteiger partial charge on any atom is -0.376 e. The van der Waals surface area contributed by atoms with Crippen molar-refractivity contribution in [3.63, 3.8) is 0 Å². The zero-order valence-electron chi connectivity index (χ0n) is 13.7. The molecule has 6 heteroatoms. The summed E-state index contributed by atoms with van der Waals surface area (Å²) in [5.41, 5.74) is -0.0471. The Morgan fingerprint density at radius 3 is 2.95 bits per heavy atom. The molecule has 124 valence electrons. The van der Waals surface area contributed by atoms with Gasteiger partial charge in [0.15, 0.2) is 0 Å². The van der Waals surface area contributed by atoms with E-state index in [9.17, 15) is 4.79 Å². The highest BCUT2D eigenvalue weighted by Crippen LogP contribution is 2.20. The van der Waals surface area contributed by atoms with Gasteiger partial charge in [0, 0.05) is 25.5 Å². The van der Waals surface area contributed by atoms with Crippen molar-refractivity contribution >= 4 is 5.91 Å². The molecule has 6 nitrogen and oxygen atoms in total. The highest BCUT2D eigenvalue weighted by atomic mass is 16.5. The SMILES string of the molecule is CC(C)(C)[C@@H](Cn1ccnc1)NC(=O)COC[C@@H]1CCCO1. The summed E-state index contributed by atoms with van der Waals surface area (Å²) in [4.78, 5) is 16.1. The van der Waals surface area contributed by atoms with Crippen molar-refractivity contribution in [1.82, 2.24) is 14.9 Å². The van der Waals surface area contributed by atoms with E-state index < -0.39 is 0 Å². The van der Waals surface area contributed by atoms with Crippen molar-refractivity contribution in [3.8, 4) is 0 Å². The Bertz CT molecular complexity index is 448. The van der Waals surface area contributed by atoms with E-state index in [0.717, 1.165) is 19.4 Å². The molecule has 2 rings (SSSR count). The zero-order chi connectivity index (χ0) is 16.0. The summed E-state index contributed by atoms with van der Waals surface area (Å²) in [6.07, 6.45) is 7.66. The highest BCUT2D eigenvalue weighted by molar-refractivity contribution is 5.77. The second kappa shape index (κ2) is 7.74. The molecule has 1 aliphatic heterocycles. The van der Waals surface area contributed by atoms with Crippen molar-refractivity contribution in [2.45, 2.75) is 52.3 Å². The average Bonchev–Trinajstić information content (AvgIpc) is 3.09. The molecule has 1 saturated heterocycles. The lowest BCUT2D eigenvalue weighted by Gasteiger charge is -2.31. The lowest BCUT2D eigenvalue weighted by Crippen LogP contribution is -2.47. The lowest BCUT2D eigenvalue weighted by atomic mass is 9.86. The fraction of sp³-hybridized carbons (Fsp3) is 0.750. The number of amides is 1. The summed E-state index contributed by atoms with van der Waals surface area (Å²) in [6, 6.07) is 0.0144. The van der Waals surface area contributed by atoms with Crippen LogP contribution in [0.4, 0.5) is 0 Å². The number of nitrogens with one attached hydrogen (secondary N) is 1. The van der Waals surface area contributed by atoms with Crippen molar-refractivity contribution in [1.29, 1.82) is 0 Å². The minimum atomic E-state index is -0.0852. The van der Waals surface area contributed by atoms with Gasteiger partial charge in [-0.1, -0.05) is 20.8 Å². The first kappa shape index (κ1) is 17.0. The van der Waals surface area contributed by atoms with Crippen LogP contribution in [0.2, 0.25) is 0 Å². The van der Waals surface area contributed by atoms with E-state index in [-0.39, 0.29) is 30.1 Å². The molecule has 0 bridgehead atoms. The zero-order valence-corrected chi connectivity index (χ0v) is 13.7. The van der Waals surface area contributed by atoms with Crippen LogP contribution in [-0.2, 0) is 20.8 Å². The molecule has 2 heterocycles.